The smallest absolute Gasteiger partial charge is 0.165 e. The lowest BCUT2D eigenvalue weighted by molar-refractivity contribution is -0.117. The van der Waals surface area contributed by atoms with Gasteiger partial charge in [-0.05, 0) is 38.0 Å². The summed E-state index contributed by atoms with van der Waals surface area (Å²) in [6.07, 6.45) is 10.8. The van der Waals surface area contributed by atoms with Crippen molar-refractivity contribution in [2.24, 2.45) is 5.92 Å². The van der Waals surface area contributed by atoms with Gasteiger partial charge in [0.05, 0.1) is 0 Å². The molecular formula is C16H23NO. The highest BCUT2D eigenvalue weighted by molar-refractivity contribution is 5.98. The third-order valence-electron chi connectivity index (χ3n) is 2.91. The van der Waals surface area contributed by atoms with E-state index >= 15 is 0 Å². The zero-order chi connectivity index (χ0) is 13.7. The van der Waals surface area contributed by atoms with E-state index in [4.69, 9.17) is 0 Å². The number of ketones is 1. The number of likely N-dealkylation sites (N-methyl/N-ethyl adjacent to an activating group) is 1. The van der Waals surface area contributed by atoms with Crippen LogP contribution in [0.15, 0.2) is 47.2 Å². The molecule has 18 heavy (non-hydrogen) atoms. The zero-order valence-electron chi connectivity index (χ0n) is 12.0. The summed E-state index contributed by atoms with van der Waals surface area (Å²) in [5, 5.41) is 0. The Morgan fingerprint density at radius 3 is 2.56 bits per heavy atom. The first-order valence-electron chi connectivity index (χ1n) is 6.35. The van der Waals surface area contributed by atoms with Gasteiger partial charge in [0, 0.05) is 25.7 Å². The molecule has 0 saturated heterocycles. The van der Waals surface area contributed by atoms with E-state index in [0.29, 0.717) is 6.42 Å². The summed E-state index contributed by atoms with van der Waals surface area (Å²) in [5.74, 6) is 0.182. The summed E-state index contributed by atoms with van der Waals surface area (Å²) >= 11 is 0. The van der Waals surface area contributed by atoms with Gasteiger partial charge in [0.1, 0.15) is 0 Å². The summed E-state index contributed by atoms with van der Waals surface area (Å²) in [6, 6.07) is 0. The van der Waals surface area contributed by atoms with Crippen molar-refractivity contribution < 1.29 is 4.79 Å². The second kappa shape index (κ2) is 6.39. The van der Waals surface area contributed by atoms with Gasteiger partial charge in [-0.2, -0.15) is 0 Å². The number of carbonyl (C=O) groups is 1. The van der Waals surface area contributed by atoms with E-state index in [1.165, 1.54) is 5.57 Å². The maximum atomic E-state index is 12.3. The summed E-state index contributed by atoms with van der Waals surface area (Å²) in [7, 11) is 4.01. The monoisotopic (exact) mass is 245 g/mol. The van der Waals surface area contributed by atoms with Gasteiger partial charge in [-0.15, -0.1) is 0 Å². The maximum absolute atomic E-state index is 12.3. The van der Waals surface area contributed by atoms with E-state index in [-0.39, 0.29) is 11.7 Å². The molecule has 0 bridgehead atoms. The van der Waals surface area contributed by atoms with Crippen molar-refractivity contribution in [1.82, 2.24) is 4.90 Å². The summed E-state index contributed by atoms with van der Waals surface area (Å²) in [4.78, 5) is 14.3. The molecule has 2 nitrogen and oxygen atoms in total. The SMILES string of the molecule is CC(C)=C[C@@H](C)C(=O)C1=CC=C(N(C)C)C=CC1. The molecule has 1 aliphatic carbocycles. The van der Waals surface area contributed by atoms with Gasteiger partial charge in [-0.1, -0.05) is 30.7 Å². The highest BCUT2D eigenvalue weighted by atomic mass is 16.1. The summed E-state index contributed by atoms with van der Waals surface area (Å²) in [6.45, 7) is 6.01. The average molecular weight is 245 g/mol. The molecule has 0 spiro atoms. The fourth-order valence-corrected chi connectivity index (χ4v) is 1.97. The number of carbonyl (C=O) groups excluding carboxylic acids is 1. The first-order valence-corrected chi connectivity index (χ1v) is 6.35. The molecule has 0 aromatic rings. The fraction of sp³-hybridized carbons (Fsp3) is 0.438. The van der Waals surface area contributed by atoms with Crippen molar-refractivity contribution in [3.8, 4) is 0 Å². The topological polar surface area (TPSA) is 20.3 Å². The lowest BCUT2D eigenvalue weighted by atomic mass is 9.95. The molecule has 1 atom stereocenters. The average Bonchev–Trinajstić information content (AvgIpc) is 2.52. The number of hydrogen-bond acceptors (Lipinski definition) is 2. The fourth-order valence-electron chi connectivity index (χ4n) is 1.97. The third-order valence-corrected chi connectivity index (χ3v) is 2.91. The molecule has 2 heteroatoms. The summed E-state index contributed by atoms with van der Waals surface area (Å²) < 4.78 is 0. The number of Topliss-reactive ketones (excluding diaryl/α,β-unsaturated/α-hetero) is 1. The van der Waals surface area contributed by atoms with Crippen LogP contribution in [0.4, 0.5) is 0 Å². The predicted molar refractivity (Wildman–Crippen MR) is 77.2 cm³/mol. The van der Waals surface area contributed by atoms with Crippen LogP contribution in [-0.2, 0) is 4.79 Å². The minimum absolute atomic E-state index is 0.0380. The second-order valence-electron chi connectivity index (χ2n) is 5.18. The normalized spacial score (nSPS) is 16.3. The molecule has 1 rings (SSSR count). The Kier molecular flexibility index (Phi) is 5.14. The number of nitrogens with zero attached hydrogens (tertiary/aromatic N) is 1. The van der Waals surface area contributed by atoms with Crippen molar-refractivity contribution in [3.05, 3.63) is 47.2 Å². The van der Waals surface area contributed by atoms with E-state index in [2.05, 4.69) is 12.2 Å². The molecule has 0 fully saturated rings. The molecule has 0 aliphatic heterocycles. The van der Waals surface area contributed by atoms with Crippen LogP contribution in [0.1, 0.15) is 27.2 Å². The Hall–Kier alpha value is -1.57. The van der Waals surface area contributed by atoms with E-state index < -0.39 is 0 Å². The Bertz CT molecular complexity index is 432. The van der Waals surface area contributed by atoms with Gasteiger partial charge < -0.3 is 4.90 Å². The van der Waals surface area contributed by atoms with E-state index in [1.807, 2.05) is 58.0 Å². The maximum Gasteiger partial charge on any atom is 0.165 e. The molecule has 0 heterocycles. The molecule has 0 saturated carbocycles. The van der Waals surface area contributed by atoms with Crippen LogP contribution < -0.4 is 0 Å². The first kappa shape index (κ1) is 14.5. The zero-order valence-corrected chi connectivity index (χ0v) is 12.0. The van der Waals surface area contributed by atoms with Gasteiger partial charge in [0.25, 0.3) is 0 Å². The molecule has 0 aromatic heterocycles. The standard InChI is InChI=1S/C16H23NO/c1-12(2)11-13(3)16(18)14-7-6-8-15(10-9-14)17(4)5/h6,8-11,13H,7H2,1-5H3/t13-/m1/s1. The third kappa shape index (κ3) is 4.02. The Morgan fingerprint density at radius 2 is 2.00 bits per heavy atom. The second-order valence-corrected chi connectivity index (χ2v) is 5.18. The number of rotatable bonds is 4. The molecular weight excluding hydrogens is 222 g/mol. The Labute approximate surface area is 110 Å². The van der Waals surface area contributed by atoms with Crippen molar-refractivity contribution in [2.45, 2.75) is 27.2 Å². The molecule has 0 aromatic carbocycles. The largest absolute Gasteiger partial charge is 0.378 e. The Morgan fingerprint density at radius 1 is 1.33 bits per heavy atom. The van der Waals surface area contributed by atoms with Crippen LogP contribution in [0.3, 0.4) is 0 Å². The van der Waals surface area contributed by atoms with Gasteiger partial charge in [0.2, 0.25) is 0 Å². The van der Waals surface area contributed by atoms with Crippen molar-refractivity contribution >= 4 is 5.78 Å². The molecule has 0 radical (unpaired) electrons. The van der Waals surface area contributed by atoms with Crippen LogP contribution in [-0.4, -0.2) is 24.8 Å². The molecule has 1 aliphatic rings. The number of hydrogen-bond donors (Lipinski definition) is 0. The van der Waals surface area contributed by atoms with E-state index in [1.54, 1.807) is 0 Å². The van der Waals surface area contributed by atoms with Gasteiger partial charge in [-0.25, -0.2) is 0 Å². The van der Waals surface area contributed by atoms with Crippen molar-refractivity contribution in [1.29, 1.82) is 0 Å². The lowest BCUT2D eigenvalue weighted by Gasteiger charge is -2.11. The quantitative estimate of drug-likeness (QED) is 0.707. The Balaban J connectivity index is 2.88. The van der Waals surface area contributed by atoms with Gasteiger partial charge in [0.15, 0.2) is 5.78 Å². The molecule has 0 unspecified atom stereocenters. The van der Waals surface area contributed by atoms with Crippen molar-refractivity contribution in [3.63, 3.8) is 0 Å². The van der Waals surface area contributed by atoms with Crippen LogP contribution >= 0.6 is 0 Å². The van der Waals surface area contributed by atoms with Gasteiger partial charge in [-0.3, -0.25) is 4.79 Å². The highest BCUT2D eigenvalue weighted by Crippen LogP contribution is 2.18. The minimum Gasteiger partial charge on any atom is -0.378 e. The molecule has 0 amide bonds. The predicted octanol–water partition coefficient (Wildman–Crippen LogP) is 3.49. The van der Waals surface area contributed by atoms with E-state index in [0.717, 1.165) is 11.3 Å². The number of allylic oxidation sites excluding steroid dienone is 7. The molecule has 0 N–H and O–H groups in total. The van der Waals surface area contributed by atoms with Crippen LogP contribution in [0, 0.1) is 5.92 Å². The van der Waals surface area contributed by atoms with Crippen LogP contribution in [0.2, 0.25) is 0 Å². The molecule has 98 valence electrons. The van der Waals surface area contributed by atoms with Crippen LogP contribution in [0.5, 0.6) is 0 Å². The van der Waals surface area contributed by atoms with E-state index in [9.17, 15) is 4.79 Å². The van der Waals surface area contributed by atoms with Crippen LogP contribution in [0.25, 0.3) is 0 Å². The lowest BCUT2D eigenvalue weighted by Crippen LogP contribution is -2.11. The minimum atomic E-state index is -0.0380. The van der Waals surface area contributed by atoms with Gasteiger partial charge >= 0.3 is 0 Å². The highest BCUT2D eigenvalue weighted by Gasteiger charge is 2.15. The summed E-state index contributed by atoms with van der Waals surface area (Å²) in [5.41, 5.74) is 3.19. The first-order chi connectivity index (χ1) is 8.41. The van der Waals surface area contributed by atoms with Crippen molar-refractivity contribution in [2.75, 3.05) is 14.1 Å².